The molecular weight excluding hydrogens is 193 g/mol. The van der Waals surface area contributed by atoms with E-state index in [2.05, 4.69) is 31.6 Å². The van der Waals surface area contributed by atoms with Crippen molar-refractivity contribution in [3.63, 3.8) is 0 Å². The molecule has 0 spiro atoms. The molecule has 1 rings (SSSR count). The van der Waals surface area contributed by atoms with Gasteiger partial charge in [0.05, 0.1) is 15.2 Å². The number of nitrogens with zero attached hydrogens (tertiary/aromatic N) is 1. The van der Waals surface area contributed by atoms with E-state index in [0.29, 0.717) is 0 Å². The highest BCUT2D eigenvalue weighted by molar-refractivity contribution is 7.28. The quantitative estimate of drug-likeness (QED) is 0.542. The number of rotatable bonds is 2. The zero-order valence-corrected chi connectivity index (χ0v) is 9.97. The van der Waals surface area contributed by atoms with Crippen LogP contribution >= 0.6 is 8.96 Å². The minimum absolute atomic E-state index is 0.0980. The maximum absolute atomic E-state index is 10.3. The molecule has 1 aromatic carbocycles. The molecule has 0 aliphatic heterocycles. The summed E-state index contributed by atoms with van der Waals surface area (Å²) in [6.07, 6.45) is 1.70. The minimum Gasteiger partial charge on any atom is -0.663 e. The molecule has 0 heterocycles. The van der Waals surface area contributed by atoms with Crippen LogP contribution in [-0.2, 0) is 5.41 Å². The maximum Gasteiger partial charge on any atom is 0.0711 e. The first-order valence-electron chi connectivity index (χ1n) is 4.62. The largest absolute Gasteiger partial charge is 0.663 e. The molecule has 1 unspecified atom stereocenters. The highest BCUT2D eigenvalue weighted by Crippen LogP contribution is 2.24. The van der Waals surface area contributed by atoms with Crippen molar-refractivity contribution in [1.29, 1.82) is 0 Å². The molecule has 0 N–H and O–H groups in total. The van der Waals surface area contributed by atoms with Crippen LogP contribution in [0.4, 0.5) is 0 Å². The van der Waals surface area contributed by atoms with E-state index in [4.69, 9.17) is 0 Å². The first kappa shape index (κ1) is 11.4. The van der Waals surface area contributed by atoms with Gasteiger partial charge in [0.25, 0.3) is 0 Å². The zero-order chi connectivity index (χ0) is 10.6. The van der Waals surface area contributed by atoms with Crippen LogP contribution in [0.1, 0.15) is 31.9 Å². The lowest BCUT2D eigenvalue weighted by molar-refractivity contribution is -0.150. The van der Waals surface area contributed by atoms with Gasteiger partial charge in [-0.1, -0.05) is 45.0 Å². The Morgan fingerprint density at radius 1 is 1.29 bits per heavy atom. The molecule has 0 bridgehead atoms. The predicted molar refractivity (Wildman–Crippen MR) is 62.4 cm³/mol. The lowest BCUT2D eigenvalue weighted by Crippen LogP contribution is -2.13. The Morgan fingerprint density at radius 3 is 2.50 bits per heavy atom. The fourth-order valence-electron chi connectivity index (χ4n) is 1.40. The Labute approximate surface area is 87.0 Å². The summed E-state index contributed by atoms with van der Waals surface area (Å²) in [5.41, 5.74) is 2.39. The first-order chi connectivity index (χ1) is 6.55. The number of hydrogen-bond acceptors (Lipinski definition) is 2. The molecule has 76 valence electrons. The second-order valence-electron chi connectivity index (χ2n) is 4.22. The molecule has 0 fully saturated rings. The maximum atomic E-state index is 10.3. The second kappa shape index (κ2) is 4.68. The Kier molecular flexibility index (Phi) is 3.79. The number of hydrogen-bond donors (Lipinski definition) is 0. The molecule has 14 heavy (non-hydrogen) atoms. The Balaban J connectivity index is 3.10. The molecular formula is C11H16NOP. The van der Waals surface area contributed by atoms with Crippen LogP contribution in [0.2, 0.25) is 0 Å². The van der Waals surface area contributed by atoms with E-state index < -0.39 is 8.96 Å². The minimum atomic E-state index is -1.04. The van der Waals surface area contributed by atoms with Crippen molar-refractivity contribution in [1.82, 2.24) is 0 Å². The smallest absolute Gasteiger partial charge is 0.0711 e. The molecule has 1 atom stereocenters. The summed E-state index contributed by atoms with van der Waals surface area (Å²) in [4.78, 5) is 10.3. The van der Waals surface area contributed by atoms with Gasteiger partial charge in [-0.05, 0) is 16.5 Å². The van der Waals surface area contributed by atoms with Crippen molar-refractivity contribution in [2.75, 3.05) is 0 Å². The van der Waals surface area contributed by atoms with Gasteiger partial charge in [-0.3, -0.25) is 0 Å². The van der Waals surface area contributed by atoms with E-state index in [-0.39, 0.29) is 5.41 Å². The third-order valence-corrected chi connectivity index (χ3v) is 2.31. The van der Waals surface area contributed by atoms with Gasteiger partial charge >= 0.3 is 0 Å². The Hall–Kier alpha value is -0.720. The summed E-state index contributed by atoms with van der Waals surface area (Å²) in [7, 11) is -1.04. The molecule has 0 aromatic heterocycles. The fraction of sp³-hybridized carbons (Fsp3) is 0.364. The monoisotopic (exact) mass is 209 g/mol. The van der Waals surface area contributed by atoms with Crippen molar-refractivity contribution in [3.05, 3.63) is 35.4 Å². The summed E-state index contributed by atoms with van der Waals surface area (Å²) in [6.45, 7) is 6.47. The highest BCUT2D eigenvalue weighted by Gasteiger charge is 2.16. The van der Waals surface area contributed by atoms with Crippen molar-refractivity contribution in [2.24, 2.45) is 4.76 Å². The van der Waals surface area contributed by atoms with Gasteiger partial charge in [-0.25, -0.2) is 0 Å². The van der Waals surface area contributed by atoms with Crippen LogP contribution in [0.3, 0.4) is 0 Å². The van der Waals surface area contributed by atoms with E-state index in [1.54, 1.807) is 6.21 Å². The fourth-order valence-corrected chi connectivity index (χ4v) is 1.62. The van der Waals surface area contributed by atoms with E-state index in [9.17, 15) is 4.89 Å². The van der Waals surface area contributed by atoms with Crippen LogP contribution in [0.15, 0.2) is 29.0 Å². The normalized spacial score (nSPS) is 13.1. The first-order valence-corrected chi connectivity index (χ1v) is 5.61. The Bertz CT molecular complexity index is 328. The van der Waals surface area contributed by atoms with Crippen molar-refractivity contribution in [2.45, 2.75) is 26.2 Å². The topological polar surface area (TPSA) is 35.4 Å². The standard InChI is InChI=1S/C11H16NOP/c1-11(2,3)10-7-5-4-6-9(10)8-12-14-13/h4-8H,14H2,1-3H3. The van der Waals surface area contributed by atoms with Crippen molar-refractivity contribution in [3.8, 4) is 0 Å². The predicted octanol–water partition coefficient (Wildman–Crippen LogP) is 2.00. The molecule has 3 heteroatoms. The van der Waals surface area contributed by atoms with E-state index in [0.717, 1.165) is 5.56 Å². The summed E-state index contributed by atoms with van der Waals surface area (Å²) < 4.78 is 3.82. The molecule has 0 amide bonds. The van der Waals surface area contributed by atoms with Gasteiger partial charge in [0, 0.05) is 0 Å². The van der Waals surface area contributed by atoms with Gasteiger partial charge in [0.1, 0.15) is 0 Å². The second-order valence-corrected chi connectivity index (χ2v) is 4.73. The van der Waals surface area contributed by atoms with Crippen LogP contribution in [-0.4, -0.2) is 6.21 Å². The molecule has 0 aliphatic carbocycles. The summed E-state index contributed by atoms with van der Waals surface area (Å²) in [5.74, 6) is 0. The van der Waals surface area contributed by atoms with Gasteiger partial charge in [-0.15, -0.1) is 4.76 Å². The van der Waals surface area contributed by atoms with Gasteiger partial charge < -0.3 is 4.89 Å². The average Bonchev–Trinajstić information content (AvgIpc) is 2.14. The average molecular weight is 209 g/mol. The molecule has 0 aliphatic rings. The van der Waals surface area contributed by atoms with Crippen LogP contribution in [0, 0.1) is 0 Å². The molecule has 0 saturated carbocycles. The van der Waals surface area contributed by atoms with Crippen LogP contribution in [0.25, 0.3) is 0 Å². The van der Waals surface area contributed by atoms with Gasteiger partial charge in [0.15, 0.2) is 0 Å². The van der Waals surface area contributed by atoms with E-state index in [1.165, 1.54) is 5.56 Å². The van der Waals surface area contributed by atoms with Crippen molar-refractivity contribution < 1.29 is 4.89 Å². The zero-order valence-electron chi connectivity index (χ0n) is 8.82. The van der Waals surface area contributed by atoms with E-state index >= 15 is 0 Å². The summed E-state index contributed by atoms with van der Waals surface area (Å²) in [6, 6.07) is 8.07. The lowest BCUT2D eigenvalue weighted by atomic mass is 9.84. The molecule has 1 aromatic rings. The SMILES string of the molecule is CC(C)(C)c1ccccc1C=N[PH2+][O-]. The third kappa shape index (κ3) is 2.90. The molecule has 0 radical (unpaired) electrons. The van der Waals surface area contributed by atoms with Crippen LogP contribution < -0.4 is 4.89 Å². The molecule has 0 saturated heterocycles. The lowest BCUT2D eigenvalue weighted by Gasteiger charge is -2.20. The summed E-state index contributed by atoms with van der Waals surface area (Å²) in [5, 5.41) is 0. The molecule has 2 nitrogen and oxygen atoms in total. The van der Waals surface area contributed by atoms with E-state index in [1.807, 2.05) is 18.2 Å². The van der Waals surface area contributed by atoms with Crippen LogP contribution in [0.5, 0.6) is 0 Å². The summed E-state index contributed by atoms with van der Waals surface area (Å²) >= 11 is 0. The Morgan fingerprint density at radius 2 is 1.93 bits per heavy atom. The highest BCUT2D eigenvalue weighted by atomic mass is 31.1. The van der Waals surface area contributed by atoms with Crippen molar-refractivity contribution >= 4 is 15.2 Å². The number of benzene rings is 1. The van der Waals surface area contributed by atoms with Gasteiger partial charge in [0.2, 0.25) is 0 Å². The third-order valence-electron chi connectivity index (χ3n) is 2.04. The van der Waals surface area contributed by atoms with Gasteiger partial charge in [-0.2, -0.15) is 0 Å².